The van der Waals surface area contributed by atoms with Gasteiger partial charge in [0.05, 0.1) is 11.7 Å². The van der Waals surface area contributed by atoms with Crippen LogP contribution in [0.5, 0.6) is 0 Å². The van der Waals surface area contributed by atoms with Crippen molar-refractivity contribution in [1.82, 2.24) is 4.90 Å². The third-order valence-corrected chi connectivity index (χ3v) is 3.68. The lowest BCUT2D eigenvalue weighted by atomic mass is 9.95. The van der Waals surface area contributed by atoms with E-state index in [4.69, 9.17) is 0 Å². The summed E-state index contributed by atoms with van der Waals surface area (Å²) in [5.74, 6) is 0.545. The average Bonchev–Trinajstić information content (AvgIpc) is 2.36. The Labute approximate surface area is 118 Å². The molecule has 0 saturated carbocycles. The summed E-state index contributed by atoms with van der Waals surface area (Å²) >= 11 is 0. The standard InChI is InChI=1S/C16H29N3/c1-6-10-19(5)11-9-14(3)16-12-13(2)7-8-15(4)17-18-16/h8,12,14,16H,6-7,9-11H2,1-5H3/b13-12-,15-8-,18-17-/t14-,16?/m1/s1. The quantitative estimate of drug-likeness (QED) is 0.651. The first kappa shape index (κ1) is 16.1. The Bertz CT molecular complexity index is 355. The van der Waals surface area contributed by atoms with Gasteiger partial charge in [-0.15, -0.1) is 0 Å². The van der Waals surface area contributed by atoms with Crippen molar-refractivity contribution in [3.63, 3.8) is 0 Å². The van der Waals surface area contributed by atoms with Crippen LogP contribution < -0.4 is 0 Å². The van der Waals surface area contributed by atoms with Crippen molar-refractivity contribution < 1.29 is 0 Å². The molecule has 3 heteroatoms. The van der Waals surface area contributed by atoms with E-state index in [1.54, 1.807) is 0 Å². The zero-order valence-corrected chi connectivity index (χ0v) is 13.2. The fourth-order valence-electron chi connectivity index (χ4n) is 2.27. The van der Waals surface area contributed by atoms with Crippen LogP contribution in [0, 0.1) is 5.92 Å². The average molecular weight is 263 g/mol. The first-order valence-corrected chi connectivity index (χ1v) is 7.46. The fourth-order valence-corrected chi connectivity index (χ4v) is 2.27. The van der Waals surface area contributed by atoms with E-state index in [0.29, 0.717) is 5.92 Å². The monoisotopic (exact) mass is 263 g/mol. The fraction of sp³-hybridized carbons (Fsp3) is 0.750. The number of allylic oxidation sites excluding steroid dienone is 3. The van der Waals surface area contributed by atoms with E-state index in [2.05, 4.69) is 55.1 Å². The molecule has 1 aliphatic heterocycles. The molecule has 0 saturated heterocycles. The van der Waals surface area contributed by atoms with Crippen LogP contribution in [0.1, 0.15) is 47.0 Å². The van der Waals surface area contributed by atoms with Crippen molar-refractivity contribution in [3.8, 4) is 0 Å². The first-order chi connectivity index (χ1) is 9.02. The zero-order chi connectivity index (χ0) is 14.3. The summed E-state index contributed by atoms with van der Waals surface area (Å²) in [6, 6.07) is 0.235. The van der Waals surface area contributed by atoms with Crippen LogP contribution in [0.25, 0.3) is 0 Å². The molecule has 0 fully saturated rings. The molecule has 0 spiro atoms. The van der Waals surface area contributed by atoms with Gasteiger partial charge in [0.25, 0.3) is 0 Å². The highest BCUT2D eigenvalue weighted by Gasteiger charge is 2.16. The van der Waals surface area contributed by atoms with Gasteiger partial charge in [0.15, 0.2) is 0 Å². The maximum absolute atomic E-state index is 4.50. The molecule has 1 heterocycles. The largest absolute Gasteiger partial charge is 0.306 e. The summed E-state index contributed by atoms with van der Waals surface area (Å²) in [6.07, 6.45) is 7.83. The van der Waals surface area contributed by atoms with Crippen molar-refractivity contribution >= 4 is 0 Å². The molecule has 1 rings (SSSR count). The van der Waals surface area contributed by atoms with Crippen LogP contribution in [-0.2, 0) is 0 Å². The van der Waals surface area contributed by atoms with E-state index < -0.39 is 0 Å². The van der Waals surface area contributed by atoms with Crippen molar-refractivity contribution in [1.29, 1.82) is 0 Å². The molecule has 1 unspecified atom stereocenters. The van der Waals surface area contributed by atoms with E-state index in [1.165, 1.54) is 25.0 Å². The number of rotatable bonds is 6. The predicted octanol–water partition coefficient (Wildman–Crippen LogP) is 4.43. The molecule has 0 amide bonds. The summed E-state index contributed by atoms with van der Waals surface area (Å²) < 4.78 is 0. The second kappa shape index (κ2) is 8.26. The second-order valence-electron chi connectivity index (χ2n) is 5.84. The molecule has 2 atom stereocenters. The molecule has 3 nitrogen and oxygen atoms in total. The van der Waals surface area contributed by atoms with Crippen LogP contribution in [-0.4, -0.2) is 31.1 Å². The van der Waals surface area contributed by atoms with Crippen LogP contribution in [0.2, 0.25) is 0 Å². The smallest absolute Gasteiger partial charge is 0.0921 e. The normalized spacial score (nSPS) is 28.8. The van der Waals surface area contributed by atoms with E-state index in [9.17, 15) is 0 Å². The van der Waals surface area contributed by atoms with E-state index >= 15 is 0 Å². The van der Waals surface area contributed by atoms with Crippen molar-refractivity contribution in [2.45, 2.75) is 53.0 Å². The lowest BCUT2D eigenvalue weighted by Gasteiger charge is -2.22. The summed E-state index contributed by atoms with van der Waals surface area (Å²) in [5.41, 5.74) is 2.43. The Kier molecular flexibility index (Phi) is 7.00. The van der Waals surface area contributed by atoms with Gasteiger partial charge in [-0.1, -0.05) is 31.6 Å². The molecule has 0 aromatic carbocycles. The molecule has 0 aromatic rings. The Hall–Kier alpha value is -0.960. The molecule has 0 aromatic heterocycles. The molecular weight excluding hydrogens is 234 g/mol. The van der Waals surface area contributed by atoms with E-state index in [0.717, 1.165) is 18.7 Å². The van der Waals surface area contributed by atoms with Crippen LogP contribution in [0.4, 0.5) is 0 Å². The predicted molar refractivity (Wildman–Crippen MR) is 82.3 cm³/mol. The van der Waals surface area contributed by atoms with Gasteiger partial charge in [-0.05, 0) is 59.2 Å². The molecule has 0 bridgehead atoms. The molecule has 0 N–H and O–H groups in total. The number of nitrogens with zero attached hydrogens (tertiary/aromatic N) is 3. The third-order valence-electron chi connectivity index (χ3n) is 3.68. The van der Waals surface area contributed by atoms with Gasteiger partial charge in [0.1, 0.15) is 0 Å². The number of hydrogen-bond acceptors (Lipinski definition) is 3. The highest BCUT2D eigenvalue weighted by Crippen LogP contribution is 2.20. The van der Waals surface area contributed by atoms with Gasteiger partial charge in [0, 0.05) is 0 Å². The van der Waals surface area contributed by atoms with Crippen LogP contribution in [0.15, 0.2) is 33.7 Å². The van der Waals surface area contributed by atoms with E-state index in [1.807, 2.05) is 6.92 Å². The maximum Gasteiger partial charge on any atom is 0.0921 e. The summed E-state index contributed by atoms with van der Waals surface area (Å²) in [6.45, 7) is 11.0. The maximum atomic E-state index is 4.50. The van der Waals surface area contributed by atoms with Gasteiger partial charge in [-0.3, -0.25) is 0 Å². The summed E-state index contributed by atoms with van der Waals surface area (Å²) in [5, 5.41) is 8.81. The molecular formula is C16H29N3. The topological polar surface area (TPSA) is 28.0 Å². The zero-order valence-electron chi connectivity index (χ0n) is 13.2. The minimum atomic E-state index is 0.235. The van der Waals surface area contributed by atoms with Crippen molar-refractivity contribution in [2.24, 2.45) is 16.1 Å². The minimum Gasteiger partial charge on any atom is -0.306 e. The Morgan fingerprint density at radius 3 is 2.79 bits per heavy atom. The number of hydrogen-bond donors (Lipinski definition) is 0. The minimum absolute atomic E-state index is 0.235. The van der Waals surface area contributed by atoms with Gasteiger partial charge < -0.3 is 4.90 Å². The lowest BCUT2D eigenvalue weighted by Crippen LogP contribution is -2.25. The SMILES string of the molecule is CCCN(C)CC[C@@H](C)C1/C=C(/C)C/C=C(C)\N=N/1. The van der Waals surface area contributed by atoms with Gasteiger partial charge in [-0.25, -0.2) is 0 Å². The second-order valence-corrected chi connectivity index (χ2v) is 5.84. The Morgan fingerprint density at radius 2 is 2.11 bits per heavy atom. The highest BCUT2D eigenvalue weighted by atomic mass is 15.1. The molecule has 19 heavy (non-hydrogen) atoms. The van der Waals surface area contributed by atoms with Crippen LogP contribution >= 0.6 is 0 Å². The van der Waals surface area contributed by atoms with Gasteiger partial charge in [-0.2, -0.15) is 10.2 Å². The highest BCUT2D eigenvalue weighted by molar-refractivity contribution is 5.13. The van der Waals surface area contributed by atoms with Crippen molar-refractivity contribution in [2.75, 3.05) is 20.1 Å². The molecule has 108 valence electrons. The van der Waals surface area contributed by atoms with Crippen molar-refractivity contribution in [3.05, 3.63) is 23.4 Å². The Morgan fingerprint density at radius 1 is 1.37 bits per heavy atom. The van der Waals surface area contributed by atoms with E-state index in [-0.39, 0.29) is 6.04 Å². The molecule has 0 radical (unpaired) electrons. The van der Waals surface area contributed by atoms with Gasteiger partial charge >= 0.3 is 0 Å². The Balaban J connectivity index is 2.57. The first-order valence-electron chi connectivity index (χ1n) is 7.46. The van der Waals surface area contributed by atoms with Gasteiger partial charge in [0.2, 0.25) is 0 Å². The summed E-state index contributed by atoms with van der Waals surface area (Å²) in [7, 11) is 2.20. The lowest BCUT2D eigenvalue weighted by molar-refractivity contribution is 0.298. The number of azo groups is 1. The molecule has 0 aliphatic carbocycles. The summed E-state index contributed by atoms with van der Waals surface area (Å²) in [4.78, 5) is 2.40. The van der Waals surface area contributed by atoms with Crippen LogP contribution in [0.3, 0.4) is 0 Å². The third kappa shape index (κ3) is 6.15. The molecule has 1 aliphatic rings.